The molecule has 1 heterocycles. The smallest absolute Gasteiger partial charge is 0.320 e. The number of nitrogens with zero attached hydrogens (tertiary/aromatic N) is 1. The van der Waals surface area contributed by atoms with Gasteiger partial charge in [0.15, 0.2) is 0 Å². The van der Waals surface area contributed by atoms with Crippen LogP contribution in [0.25, 0.3) is 0 Å². The lowest BCUT2D eigenvalue weighted by molar-refractivity contribution is -0.146. The minimum absolute atomic E-state index is 0.0720. The van der Waals surface area contributed by atoms with Gasteiger partial charge < -0.3 is 4.74 Å². The van der Waals surface area contributed by atoms with Crippen molar-refractivity contribution in [3.63, 3.8) is 0 Å². The Kier molecular flexibility index (Phi) is 4.44. The quantitative estimate of drug-likeness (QED) is 0.801. The van der Waals surface area contributed by atoms with Crippen molar-refractivity contribution in [1.82, 2.24) is 10.3 Å². The summed E-state index contributed by atoms with van der Waals surface area (Å²) in [5.74, 6) is -0.236. The second-order valence-electron chi connectivity index (χ2n) is 4.35. The van der Waals surface area contributed by atoms with E-state index in [-0.39, 0.29) is 24.2 Å². The fourth-order valence-electron chi connectivity index (χ4n) is 1.21. The van der Waals surface area contributed by atoms with Gasteiger partial charge in [-0.1, -0.05) is 0 Å². The molecule has 0 amide bonds. The van der Waals surface area contributed by atoms with E-state index in [2.05, 4.69) is 10.3 Å². The van der Waals surface area contributed by atoms with Crippen molar-refractivity contribution in [2.24, 2.45) is 0 Å². The van der Waals surface area contributed by atoms with E-state index in [9.17, 15) is 4.79 Å². The molecule has 0 bridgehead atoms. The highest BCUT2D eigenvalue weighted by Crippen LogP contribution is 2.21. The molecular weight excluding hydrogens is 224 g/mol. The Bertz CT molecular complexity index is 334. The van der Waals surface area contributed by atoms with Crippen molar-refractivity contribution < 1.29 is 9.53 Å². The summed E-state index contributed by atoms with van der Waals surface area (Å²) < 4.78 is 5.04. The molecule has 4 nitrogen and oxygen atoms in total. The van der Waals surface area contributed by atoms with Gasteiger partial charge in [0.25, 0.3) is 0 Å². The number of thiazole rings is 1. The first-order valence-electron chi connectivity index (χ1n) is 5.26. The number of nitrogens with one attached hydrogen (secondary N) is 1. The van der Waals surface area contributed by atoms with E-state index in [1.807, 2.05) is 33.1 Å². The normalized spacial score (nSPS) is 11.8. The Morgan fingerprint density at radius 3 is 2.81 bits per heavy atom. The molecule has 0 fully saturated rings. The van der Waals surface area contributed by atoms with Crippen LogP contribution in [0.3, 0.4) is 0 Å². The summed E-state index contributed by atoms with van der Waals surface area (Å²) in [5, 5.41) is 6.02. The monoisotopic (exact) mass is 242 g/mol. The van der Waals surface area contributed by atoms with Gasteiger partial charge >= 0.3 is 5.97 Å². The van der Waals surface area contributed by atoms with Crippen molar-refractivity contribution in [3.05, 3.63) is 16.6 Å². The Balaban J connectivity index is 2.45. The molecule has 1 N–H and O–H groups in total. The van der Waals surface area contributed by atoms with E-state index in [1.54, 1.807) is 17.5 Å². The van der Waals surface area contributed by atoms with Crippen molar-refractivity contribution in [2.75, 3.05) is 6.54 Å². The van der Waals surface area contributed by atoms with Crippen LogP contribution in [0.5, 0.6) is 0 Å². The van der Waals surface area contributed by atoms with Gasteiger partial charge in [0.1, 0.15) is 5.01 Å². The zero-order valence-electron chi connectivity index (χ0n) is 10.1. The van der Waals surface area contributed by atoms with Crippen molar-refractivity contribution in [1.29, 1.82) is 0 Å². The number of carbonyl (C=O) groups is 1. The molecule has 0 spiro atoms. The van der Waals surface area contributed by atoms with Gasteiger partial charge in [-0.2, -0.15) is 0 Å². The van der Waals surface area contributed by atoms with Crippen molar-refractivity contribution in [2.45, 2.75) is 39.3 Å². The number of ether oxygens (including phenoxy) is 1. The topological polar surface area (TPSA) is 51.2 Å². The van der Waals surface area contributed by atoms with Gasteiger partial charge in [-0.3, -0.25) is 10.1 Å². The van der Waals surface area contributed by atoms with Crippen LogP contribution in [0, 0.1) is 0 Å². The largest absolute Gasteiger partial charge is 0.462 e. The van der Waals surface area contributed by atoms with Crippen LogP contribution in [0.1, 0.15) is 32.7 Å². The van der Waals surface area contributed by atoms with Gasteiger partial charge in [-0.25, -0.2) is 4.98 Å². The zero-order chi connectivity index (χ0) is 12.2. The van der Waals surface area contributed by atoms with Crippen LogP contribution in [0.4, 0.5) is 0 Å². The number of carbonyl (C=O) groups excluding carboxylic acids is 1. The molecule has 0 aliphatic heterocycles. The van der Waals surface area contributed by atoms with E-state index in [0.717, 1.165) is 5.01 Å². The third-order valence-corrected chi connectivity index (χ3v) is 3.11. The van der Waals surface area contributed by atoms with Crippen molar-refractivity contribution >= 4 is 17.3 Å². The highest BCUT2D eigenvalue weighted by molar-refractivity contribution is 7.09. The van der Waals surface area contributed by atoms with Crippen molar-refractivity contribution in [3.8, 4) is 0 Å². The maximum Gasteiger partial charge on any atom is 0.320 e. The Hall–Kier alpha value is -0.940. The van der Waals surface area contributed by atoms with E-state index in [0.29, 0.717) is 0 Å². The highest BCUT2D eigenvalue weighted by Gasteiger charge is 2.23. The molecule has 16 heavy (non-hydrogen) atoms. The maximum absolute atomic E-state index is 11.4. The second-order valence-corrected chi connectivity index (χ2v) is 5.25. The van der Waals surface area contributed by atoms with Gasteiger partial charge in [0, 0.05) is 11.6 Å². The Morgan fingerprint density at radius 1 is 1.62 bits per heavy atom. The van der Waals surface area contributed by atoms with Crippen LogP contribution < -0.4 is 5.32 Å². The molecule has 0 aliphatic rings. The number of aromatic nitrogens is 1. The molecule has 1 rings (SSSR count). The summed E-state index contributed by atoms with van der Waals surface area (Å²) >= 11 is 1.57. The van der Waals surface area contributed by atoms with Gasteiger partial charge in [-0.15, -0.1) is 11.3 Å². The molecule has 0 unspecified atom stereocenters. The van der Waals surface area contributed by atoms with Crippen LogP contribution in [-0.4, -0.2) is 23.6 Å². The van der Waals surface area contributed by atoms with Gasteiger partial charge in [0.2, 0.25) is 0 Å². The van der Waals surface area contributed by atoms with Crippen LogP contribution in [0.2, 0.25) is 0 Å². The first-order valence-corrected chi connectivity index (χ1v) is 6.14. The Morgan fingerprint density at radius 2 is 2.31 bits per heavy atom. The van der Waals surface area contributed by atoms with E-state index in [4.69, 9.17) is 4.74 Å². The minimum atomic E-state index is -0.301. The number of hydrogen-bond acceptors (Lipinski definition) is 5. The fraction of sp³-hybridized carbons (Fsp3) is 0.636. The van der Waals surface area contributed by atoms with E-state index >= 15 is 0 Å². The van der Waals surface area contributed by atoms with Crippen LogP contribution >= 0.6 is 11.3 Å². The third-order valence-electron chi connectivity index (χ3n) is 2.01. The molecular formula is C11H18N2O2S. The second kappa shape index (κ2) is 5.41. The zero-order valence-corrected chi connectivity index (χ0v) is 10.9. The summed E-state index contributed by atoms with van der Waals surface area (Å²) in [6.45, 7) is 7.86. The third kappa shape index (κ3) is 3.90. The van der Waals surface area contributed by atoms with Crippen LogP contribution in [-0.2, 0) is 15.1 Å². The average Bonchev–Trinajstić information content (AvgIpc) is 2.67. The van der Waals surface area contributed by atoms with Gasteiger partial charge in [-0.05, 0) is 27.7 Å². The summed E-state index contributed by atoms with van der Waals surface area (Å²) in [5.41, 5.74) is -0.301. The molecule has 1 aromatic rings. The van der Waals surface area contributed by atoms with Gasteiger partial charge in [0.05, 0.1) is 18.2 Å². The van der Waals surface area contributed by atoms with E-state index in [1.165, 1.54) is 0 Å². The summed E-state index contributed by atoms with van der Waals surface area (Å²) in [4.78, 5) is 15.6. The highest BCUT2D eigenvalue weighted by atomic mass is 32.1. The first-order chi connectivity index (χ1) is 7.42. The predicted octanol–water partition coefficient (Wildman–Crippen LogP) is 1.92. The van der Waals surface area contributed by atoms with Crippen LogP contribution in [0.15, 0.2) is 11.6 Å². The molecule has 0 aromatic carbocycles. The lowest BCUT2D eigenvalue weighted by Gasteiger charge is -2.23. The lowest BCUT2D eigenvalue weighted by atomic mass is 10.1. The fourth-order valence-corrected chi connectivity index (χ4v) is 1.94. The SMILES string of the molecule is CC(C)OC(=O)CNC(C)(C)c1nccs1. The molecule has 1 aromatic heterocycles. The summed E-state index contributed by atoms with van der Waals surface area (Å²) in [6.07, 6.45) is 1.69. The number of rotatable bonds is 5. The molecule has 0 radical (unpaired) electrons. The Labute approximate surface area is 100 Å². The van der Waals surface area contributed by atoms with E-state index < -0.39 is 0 Å². The number of hydrogen-bond donors (Lipinski definition) is 1. The first kappa shape index (κ1) is 13.1. The standard InChI is InChI=1S/C11H18N2O2S/c1-8(2)15-9(14)7-13-11(3,4)10-12-5-6-16-10/h5-6,8,13H,7H2,1-4H3. The molecule has 0 aliphatic carbocycles. The summed E-state index contributed by atoms with van der Waals surface area (Å²) in [7, 11) is 0. The lowest BCUT2D eigenvalue weighted by Crippen LogP contribution is -2.40. The molecule has 0 saturated heterocycles. The maximum atomic E-state index is 11.4. The number of esters is 1. The summed E-state index contributed by atoms with van der Waals surface area (Å²) in [6, 6.07) is 0. The minimum Gasteiger partial charge on any atom is -0.462 e. The average molecular weight is 242 g/mol. The predicted molar refractivity (Wildman–Crippen MR) is 64.4 cm³/mol. The molecule has 0 saturated carbocycles. The molecule has 0 atom stereocenters. The molecule has 90 valence electrons. The molecule has 5 heteroatoms.